The van der Waals surface area contributed by atoms with Crippen LogP contribution >= 0.6 is 0 Å². The molecule has 8 heteroatoms. The van der Waals surface area contributed by atoms with Crippen LogP contribution in [0.4, 0.5) is 0 Å². The molecule has 0 aliphatic heterocycles. The van der Waals surface area contributed by atoms with Crippen LogP contribution in [0.3, 0.4) is 0 Å². The van der Waals surface area contributed by atoms with Gasteiger partial charge in [-0.2, -0.15) is 0 Å². The zero-order valence-corrected chi connectivity index (χ0v) is 13.8. The van der Waals surface area contributed by atoms with E-state index in [1.807, 2.05) is 0 Å². The molecule has 2 aromatic rings. The number of sulfonamides is 1. The Labute approximate surface area is 140 Å². The van der Waals surface area contributed by atoms with Crippen molar-refractivity contribution in [1.29, 1.82) is 0 Å². The highest BCUT2D eigenvalue weighted by Gasteiger charge is 2.13. The molecule has 7 nitrogen and oxygen atoms in total. The second-order valence-corrected chi connectivity index (χ2v) is 6.98. The molecule has 128 valence electrons. The van der Waals surface area contributed by atoms with Gasteiger partial charge in [0.2, 0.25) is 10.0 Å². The second kappa shape index (κ2) is 7.33. The Hall–Kier alpha value is -2.58. The van der Waals surface area contributed by atoms with Gasteiger partial charge in [-0.15, -0.1) is 0 Å². The van der Waals surface area contributed by atoms with E-state index in [0.29, 0.717) is 16.7 Å². The highest BCUT2D eigenvalue weighted by molar-refractivity contribution is 7.88. The summed E-state index contributed by atoms with van der Waals surface area (Å²) in [6.07, 6.45) is 0. The van der Waals surface area contributed by atoms with E-state index in [-0.39, 0.29) is 29.7 Å². The molecule has 0 fully saturated rings. The van der Waals surface area contributed by atoms with Crippen molar-refractivity contribution in [2.24, 2.45) is 0 Å². The highest BCUT2D eigenvalue weighted by atomic mass is 32.2. The largest absolute Gasteiger partial charge is 0.508 e. The maximum atomic E-state index is 12.1. The number of amides is 1. The summed E-state index contributed by atoms with van der Waals surface area (Å²) in [5, 5.41) is 21.3. The number of phenols is 2. The lowest BCUT2D eigenvalue weighted by atomic mass is 10.1. The zero-order chi connectivity index (χ0) is 17.7. The number of nitrogens with one attached hydrogen (secondary N) is 2. The Bertz CT molecular complexity index is 832. The molecule has 0 heterocycles. The standard InChI is InChI=1S/C16H18N2O5S/c1-17-16(21)12-4-2-11(3-5-12)10-24(22,23)18-9-13-6-7-14(19)8-15(13)20/h2-8,18-20H,9-10H2,1H3,(H,17,21). The number of hydrogen-bond acceptors (Lipinski definition) is 5. The monoisotopic (exact) mass is 350 g/mol. The summed E-state index contributed by atoms with van der Waals surface area (Å²) in [5.41, 5.74) is 1.33. The predicted octanol–water partition coefficient (Wildman–Crippen LogP) is 1.08. The maximum Gasteiger partial charge on any atom is 0.251 e. The molecule has 2 aromatic carbocycles. The van der Waals surface area contributed by atoms with Crippen LogP contribution in [-0.4, -0.2) is 31.6 Å². The molecule has 0 spiro atoms. The molecule has 0 radical (unpaired) electrons. The van der Waals surface area contributed by atoms with Crippen molar-refractivity contribution in [3.8, 4) is 11.5 Å². The fourth-order valence-electron chi connectivity index (χ4n) is 2.06. The van der Waals surface area contributed by atoms with E-state index in [1.165, 1.54) is 19.2 Å². The first-order chi connectivity index (χ1) is 11.3. The topological polar surface area (TPSA) is 116 Å². The third-order valence-electron chi connectivity index (χ3n) is 3.35. The Kier molecular flexibility index (Phi) is 5.42. The molecule has 0 unspecified atom stereocenters. The van der Waals surface area contributed by atoms with Gasteiger partial charge in [0, 0.05) is 30.8 Å². The summed E-state index contributed by atoms with van der Waals surface area (Å²) in [4.78, 5) is 11.4. The fraction of sp³-hybridized carbons (Fsp3) is 0.188. The molecule has 0 atom stereocenters. The molecule has 0 bridgehead atoms. The van der Waals surface area contributed by atoms with Gasteiger partial charge in [0.25, 0.3) is 5.91 Å². The van der Waals surface area contributed by atoms with E-state index < -0.39 is 10.0 Å². The lowest BCUT2D eigenvalue weighted by Crippen LogP contribution is -2.24. The summed E-state index contributed by atoms with van der Waals surface area (Å²) in [7, 11) is -2.11. The van der Waals surface area contributed by atoms with Crippen molar-refractivity contribution in [2.45, 2.75) is 12.3 Å². The van der Waals surface area contributed by atoms with Crippen LogP contribution in [0.1, 0.15) is 21.5 Å². The smallest absolute Gasteiger partial charge is 0.251 e. The van der Waals surface area contributed by atoms with E-state index in [4.69, 9.17) is 0 Å². The van der Waals surface area contributed by atoms with Crippen molar-refractivity contribution >= 4 is 15.9 Å². The van der Waals surface area contributed by atoms with Gasteiger partial charge >= 0.3 is 0 Å². The van der Waals surface area contributed by atoms with Gasteiger partial charge < -0.3 is 15.5 Å². The lowest BCUT2D eigenvalue weighted by Gasteiger charge is -2.09. The van der Waals surface area contributed by atoms with Gasteiger partial charge in [0.15, 0.2) is 0 Å². The van der Waals surface area contributed by atoms with E-state index >= 15 is 0 Å². The van der Waals surface area contributed by atoms with Crippen LogP contribution in [0.25, 0.3) is 0 Å². The normalized spacial score (nSPS) is 11.2. The Balaban J connectivity index is 2.01. The molecular weight excluding hydrogens is 332 g/mol. The molecule has 0 aliphatic carbocycles. The number of hydrogen-bond donors (Lipinski definition) is 4. The van der Waals surface area contributed by atoms with Crippen LogP contribution in [-0.2, 0) is 22.3 Å². The highest BCUT2D eigenvalue weighted by Crippen LogP contribution is 2.22. The predicted molar refractivity (Wildman–Crippen MR) is 89.1 cm³/mol. The Morgan fingerprint density at radius 2 is 1.75 bits per heavy atom. The fourth-order valence-corrected chi connectivity index (χ4v) is 3.17. The van der Waals surface area contributed by atoms with Crippen LogP contribution < -0.4 is 10.0 Å². The summed E-state index contributed by atoms with van der Waals surface area (Å²) in [6, 6.07) is 10.2. The molecule has 1 amide bonds. The van der Waals surface area contributed by atoms with Gasteiger partial charge in [0.1, 0.15) is 11.5 Å². The first kappa shape index (κ1) is 17.8. The molecule has 24 heavy (non-hydrogen) atoms. The number of phenolic OH excluding ortho intramolecular Hbond substituents is 2. The summed E-state index contributed by atoms with van der Waals surface area (Å²) in [5.74, 6) is -0.784. The van der Waals surface area contributed by atoms with Crippen LogP contribution in [0, 0.1) is 0 Å². The summed E-state index contributed by atoms with van der Waals surface area (Å²) >= 11 is 0. The first-order valence-electron chi connectivity index (χ1n) is 7.10. The summed E-state index contributed by atoms with van der Waals surface area (Å²) < 4.78 is 26.6. The number of aromatic hydroxyl groups is 2. The zero-order valence-electron chi connectivity index (χ0n) is 13.0. The molecule has 2 rings (SSSR count). The number of benzene rings is 2. The van der Waals surface area contributed by atoms with Crippen molar-refractivity contribution < 1.29 is 23.4 Å². The third-order valence-corrected chi connectivity index (χ3v) is 4.65. The average Bonchev–Trinajstić information content (AvgIpc) is 2.53. The quantitative estimate of drug-likeness (QED) is 0.622. The summed E-state index contributed by atoms with van der Waals surface area (Å²) in [6.45, 7) is -0.0925. The molecule has 0 saturated carbocycles. The lowest BCUT2D eigenvalue weighted by molar-refractivity contribution is 0.0963. The minimum atomic E-state index is -3.62. The Morgan fingerprint density at radius 1 is 1.08 bits per heavy atom. The maximum absolute atomic E-state index is 12.1. The molecule has 0 aliphatic rings. The number of rotatable bonds is 6. The minimum absolute atomic E-state index is 0.0925. The van der Waals surface area contributed by atoms with Gasteiger partial charge in [-0.25, -0.2) is 13.1 Å². The molecule has 0 aromatic heterocycles. The SMILES string of the molecule is CNC(=O)c1ccc(CS(=O)(=O)NCc2ccc(O)cc2O)cc1. The number of carbonyl (C=O) groups is 1. The van der Waals surface area contributed by atoms with Crippen LogP contribution in [0.2, 0.25) is 0 Å². The van der Waals surface area contributed by atoms with Gasteiger partial charge in [-0.1, -0.05) is 18.2 Å². The van der Waals surface area contributed by atoms with E-state index in [0.717, 1.165) is 6.07 Å². The Morgan fingerprint density at radius 3 is 2.33 bits per heavy atom. The van der Waals surface area contributed by atoms with Crippen molar-refractivity contribution in [3.05, 3.63) is 59.2 Å². The van der Waals surface area contributed by atoms with Crippen molar-refractivity contribution in [3.63, 3.8) is 0 Å². The molecule has 4 N–H and O–H groups in total. The van der Waals surface area contributed by atoms with Crippen molar-refractivity contribution in [1.82, 2.24) is 10.0 Å². The second-order valence-electron chi connectivity index (χ2n) is 5.17. The van der Waals surface area contributed by atoms with Gasteiger partial charge in [-0.3, -0.25) is 4.79 Å². The van der Waals surface area contributed by atoms with Gasteiger partial charge in [0.05, 0.1) is 5.75 Å². The van der Waals surface area contributed by atoms with Gasteiger partial charge in [-0.05, 0) is 23.8 Å². The van der Waals surface area contributed by atoms with E-state index in [2.05, 4.69) is 10.0 Å². The van der Waals surface area contributed by atoms with Crippen LogP contribution in [0.15, 0.2) is 42.5 Å². The minimum Gasteiger partial charge on any atom is -0.508 e. The third kappa shape index (κ3) is 4.71. The number of carbonyl (C=O) groups excluding carboxylic acids is 1. The van der Waals surface area contributed by atoms with E-state index in [1.54, 1.807) is 24.3 Å². The molecular formula is C16H18N2O5S. The van der Waals surface area contributed by atoms with Crippen LogP contribution in [0.5, 0.6) is 11.5 Å². The first-order valence-corrected chi connectivity index (χ1v) is 8.75. The average molecular weight is 350 g/mol. The van der Waals surface area contributed by atoms with Crippen molar-refractivity contribution in [2.75, 3.05) is 7.05 Å². The van der Waals surface area contributed by atoms with E-state index in [9.17, 15) is 23.4 Å². The molecule has 0 saturated heterocycles.